The number of hydrogen-bond acceptors (Lipinski definition) is 10. The Bertz CT molecular complexity index is 1100. The van der Waals surface area contributed by atoms with Gasteiger partial charge < -0.3 is 35.9 Å². The van der Waals surface area contributed by atoms with Crippen molar-refractivity contribution in [2.24, 2.45) is 5.73 Å². The van der Waals surface area contributed by atoms with Crippen molar-refractivity contribution >= 4 is 17.8 Å². The first-order chi connectivity index (χ1) is 18.3. The molecule has 10 nitrogen and oxygen atoms in total. The maximum atomic E-state index is 13.2. The van der Waals surface area contributed by atoms with E-state index in [1.54, 1.807) is 12.1 Å². The summed E-state index contributed by atoms with van der Waals surface area (Å²) in [4.78, 5) is 13.0. The van der Waals surface area contributed by atoms with Crippen LogP contribution in [0.4, 0.5) is 35.4 Å². The van der Waals surface area contributed by atoms with Gasteiger partial charge in [-0.3, -0.25) is 0 Å². The first-order valence-electron chi connectivity index (χ1n) is 11.7. The third-order valence-electron chi connectivity index (χ3n) is 4.77. The van der Waals surface area contributed by atoms with E-state index in [4.69, 9.17) is 15.2 Å². The van der Waals surface area contributed by atoms with Gasteiger partial charge in [0.1, 0.15) is 11.6 Å². The summed E-state index contributed by atoms with van der Waals surface area (Å²) in [6.45, 7) is 3.16. The zero-order valence-corrected chi connectivity index (χ0v) is 20.4. The monoisotopic (exact) mass is 539 g/mol. The Hall–Kier alpha value is -3.75. The number of aromatic nitrogens is 3. The maximum Gasteiger partial charge on any atom is 0.573 e. The molecule has 0 unspecified atom stereocenters. The fourth-order valence-electron chi connectivity index (χ4n) is 3.03. The van der Waals surface area contributed by atoms with Gasteiger partial charge in [-0.1, -0.05) is 24.3 Å². The first-order valence-corrected chi connectivity index (χ1v) is 11.7. The molecule has 0 aliphatic carbocycles. The van der Waals surface area contributed by atoms with Crippen LogP contribution in [-0.4, -0.2) is 60.8 Å². The van der Waals surface area contributed by atoms with Crippen LogP contribution in [0, 0.1) is 5.82 Å². The molecule has 0 radical (unpaired) electrons. The van der Waals surface area contributed by atoms with Crippen molar-refractivity contribution in [3.05, 3.63) is 65.5 Å². The van der Waals surface area contributed by atoms with Crippen molar-refractivity contribution in [1.82, 2.24) is 15.0 Å². The zero-order valence-electron chi connectivity index (χ0n) is 20.4. The number of halogens is 4. The van der Waals surface area contributed by atoms with Gasteiger partial charge in [0.05, 0.1) is 26.4 Å². The van der Waals surface area contributed by atoms with Crippen molar-refractivity contribution in [2.75, 3.05) is 55.5 Å². The van der Waals surface area contributed by atoms with Crippen LogP contribution in [0.15, 0.2) is 48.5 Å². The van der Waals surface area contributed by atoms with Gasteiger partial charge in [-0.2, -0.15) is 15.0 Å². The van der Waals surface area contributed by atoms with Gasteiger partial charge in [-0.25, -0.2) is 4.39 Å². The second-order valence-electron chi connectivity index (χ2n) is 7.77. The Labute approximate surface area is 216 Å². The summed E-state index contributed by atoms with van der Waals surface area (Å²) in [6, 6.07) is 11.4. The molecule has 5 N–H and O–H groups in total. The average molecular weight is 540 g/mol. The molecule has 3 rings (SSSR count). The summed E-state index contributed by atoms with van der Waals surface area (Å²) in [5.74, 6) is 0.127. The first kappa shape index (κ1) is 28.8. The fourth-order valence-corrected chi connectivity index (χ4v) is 3.03. The molecule has 1 aromatic heterocycles. The minimum atomic E-state index is -4.76. The smallest absolute Gasteiger partial charge is 0.406 e. The third kappa shape index (κ3) is 11.1. The van der Waals surface area contributed by atoms with E-state index in [0.717, 1.165) is 5.56 Å². The van der Waals surface area contributed by atoms with Crippen LogP contribution in [0.3, 0.4) is 0 Å². The SMILES string of the molecule is NCCOCCOCCNc1nc(NCc2ccc(F)cc2)nc(NCc2ccc(OC(F)(F)F)cc2)n1. The molecule has 0 aliphatic rings. The van der Waals surface area contributed by atoms with Crippen molar-refractivity contribution < 1.29 is 31.8 Å². The van der Waals surface area contributed by atoms with Crippen LogP contribution in [0.25, 0.3) is 0 Å². The molecule has 38 heavy (non-hydrogen) atoms. The molecule has 0 bridgehead atoms. The van der Waals surface area contributed by atoms with Crippen LogP contribution in [0.5, 0.6) is 5.75 Å². The number of benzene rings is 2. The lowest BCUT2D eigenvalue weighted by Gasteiger charge is -2.12. The van der Waals surface area contributed by atoms with E-state index in [2.05, 4.69) is 35.6 Å². The molecule has 206 valence electrons. The molecule has 0 fully saturated rings. The summed E-state index contributed by atoms with van der Waals surface area (Å²) in [5.41, 5.74) is 6.86. The summed E-state index contributed by atoms with van der Waals surface area (Å²) in [5, 5.41) is 9.17. The van der Waals surface area contributed by atoms with Crippen molar-refractivity contribution in [3.63, 3.8) is 0 Å². The molecule has 2 aromatic carbocycles. The van der Waals surface area contributed by atoms with Crippen LogP contribution in [0.1, 0.15) is 11.1 Å². The highest BCUT2D eigenvalue weighted by atomic mass is 19.4. The van der Waals surface area contributed by atoms with E-state index in [1.807, 2.05) is 0 Å². The van der Waals surface area contributed by atoms with Crippen LogP contribution < -0.4 is 26.4 Å². The van der Waals surface area contributed by atoms with E-state index in [9.17, 15) is 17.6 Å². The Morgan fingerprint density at radius 3 is 1.71 bits per heavy atom. The van der Waals surface area contributed by atoms with Crippen molar-refractivity contribution in [3.8, 4) is 5.75 Å². The number of nitrogens with one attached hydrogen (secondary N) is 3. The predicted octanol–water partition coefficient (Wildman–Crippen LogP) is 3.54. The second-order valence-corrected chi connectivity index (χ2v) is 7.77. The number of alkyl halides is 3. The summed E-state index contributed by atoms with van der Waals surface area (Å²) >= 11 is 0. The van der Waals surface area contributed by atoms with Gasteiger partial charge in [0.25, 0.3) is 0 Å². The molecule has 0 saturated heterocycles. The van der Waals surface area contributed by atoms with Crippen LogP contribution in [0.2, 0.25) is 0 Å². The summed E-state index contributed by atoms with van der Waals surface area (Å²) < 4.78 is 64.9. The van der Waals surface area contributed by atoms with Gasteiger partial charge in [0, 0.05) is 26.2 Å². The highest BCUT2D eigenvalue weighted by molar-refractivity contribution is 5.43. The van der Waals surface area contributed by atoms with Crippen LogP contribution in [-0.2, 0) is 22.6 Å². The zero-order chi connectivity index (χ0) is 27.2. The number of anilines is 3. The van der Waals surface area contributed by atoms with Crippen LogP contribution >= 0.6 is 0 Å². The molecule has 1 heterocycles. The Morgan fingerprint density at radius 1 is 0.684 bits per heavy atom. The minimum absolute atomic E-state index is 0.232. The lowest BCUT2D eigenvalue weighted by molar-refractivity contribution is -0.274. The molecule has 3 aromatic rings. The molecule has 0 spiro atoms. The Balaban J connectivity index is 1.59. The van der Waals surface area contributed by atoms with Gasteiger partial charge in [0.15, 0.2) is 0 Å². The predicted molar refractivity (Wildman–Crippen MR) is 133 cm³/mol. The fraction of sp³-hybridized carbons (Fsp3) is 0.375. The molecular weight excluding hydrogens is 510 g/mol. The molecule has 0 aliphatic heterocycles. The largest absolute Gasteiger partial charge is 0.573 e. The van der Waals surface area contributed by atoms with Crippen molar-refractivity contribution in [2.45, 2.75) is 19.5 Å². The maximum absolute atomic E-state index is 13.2. The van der Waals surface area contributed by atoms with Gasteiger partial charge in [-0.05, 0) is 35.4 Å². The van der Waals surface area contributed by atoms with E-state index in [0.29, 0.717) is 51.6 Å². The summed E-state index contributed by atoms with van der Waals surface area (Å²) in [6.07, 6.45) is -4.76. The van der Waals surface area contributed by atoms with Crippen molar-refractivity contribution in [1.29, 1.82) is 0 Å². The number of hydrogen-bond donors (Lipinski definition) is 4. The molecule has 0 saturated carbocycles. The molecule has 0 amide bonds. The van der Waals surface area contributed by atoms with Gasteiger partial charge in [0.2, 0.25) is 17.8 Å². The topological polar surface area (TPSA) is 128 Å². The van der Waals surface area contributed by atoms with E-state index >= 15 is 0 Å². The van der Waals surface area contributed by atoms with E-state index in [1.165, 1.54) is 36.4 Å². The quantitative estimate of drug-likeness (QED) is 0.159. The summed E-state index contributed by atoms with van der Waals surface area (Å²) in [7, 11) is 0. The molecule has 0 atom stereocenters. The van der Waals surface area contributed by atoms with Gasteiger partial charge in [-0.15, -0.1) is 13.2 Å². The number of ether oxygens (including phenoxy) is 3. The number of nitrogens with two attached hydrogens (primary N) is 1. The number of rotatable bonds is 16. The molecule has 14 heteroatoms. The van der Waals surface area contributed by atoms with E-state index < -0.39 is 6.36 Å². The second kappa shape index (κ2) is 14.9. The van der Waals surface area contributed by atoms with E-state index in [-0.39, 0.29) is 36.0 Å². The Morgan fingerprint density at radius 2 is 1.18 bits per heavy atom. The lowest BCUT2D eigenvalue weighted by Crippen LogP contribution is -2.17. The normalized spacial score (nSPS) is 11.3. The standard InChI is InChI=1S/C24H29F4N7O3/c25-19-5-1-17(2-6-19)15-31-22-33-21(30-10-12-37-14-13-36-11-9-29)34-23(35-22)32-16-18-3-7-20(8-4-18)38-24(26,27)28/h1-8H,9-16,29H2,(H3,30,31,32,33,34,35). The van der Waals surface area contributed by atoms with Gasteiger partial charge >= 0.3 is 6.36 Å². The lowest BCUT2D eigenvalue weighted by atomic mass is 10.2. The average Bonchev–Trinajstić information content (AvgIpc) is 2.88. The Kier molecular flexibility index (Phi) is 11.3. The molecular formula is C24H29F4N7O3. The highest BCUT2D eigenvalue weighted by Crippen LogP contribution is 2.23. The minimum Gasteiger partial charge on any atom is -0.406 e. The third-order valence-corrected chi connectivity index (χ3v) is 4.77. The number of nitrogens with zero attached hydrogens (tertiary/aromatic N) is 3. The highest BCUT2D eigenvalue weighted by Gasteiger charge is 2.30.